The molecule has 0 saturated heterocycles. The molecule has 1 heterocycles. The van der Waals surface area contributed by atoms with Crippen LogP contribution in [0.2, 0.25) is 0 Å². The molecular formula is C12H14N4O2. The minimum Gasteiger partial charge on any atom is -0.480 e. The zero-order chi connectivity index (χ0) is 13.1. The molecular weight excluding hydrogens is 232 g/mol. The molecule has 0 saturated carbocycles. The van der Waals surface area contributed by atoms with Gasteiger partial charge in [-0.05, 0) is 29.3 Å². The number of carboxylic acid groups (broad SMARTS) is 1. The van der Waals surface area contributed by atoms with Crippen LogP contribution in [0.3, 0.4) is 0 Å². The van der Waals surface area contributed by atoms with Crippen molar-refractivity contribution in [1.29, 1.82) is 0 Å². The van der Waals surface area contributed by atoms with Crippen molar-refractivity contribution >= 4 is 5.97 Å². The van der Waals surface area contributed by atoms with Crippen LogP contribution in [-0.4, -0.2) is 31.3 Å². The first-order chi connectivity index (χ1) is 8.65. The summed E-state index contributed by atoms with van der Waals surface area (Å²) in [6, 6.07) is 6.92. The van der Waals surface area contributed by atoms with Gasteiger partial charge < -0.3 is 5.11 Å². The normalized spacial score (nSPS) is 12.3. The smallest absolute Gasteiger partial charge is 0.328 e. The van der Waals surface area contributed by atoms with Gasteiger partial charge in [-0.15, -0.1) is 5.10 Å². The van der Waals surface area contributed by atoms with E-state index < -0.39 is 12.0 Å². The Morgan fingerprint density at radius 1 is 1.44 bits per heavy atom. The SMILES string of the molecule is CCc1ccccc1-c1nnnn1C(C)C(=O)O. The van der Waals surface area contributed by atoms with Crippen molar-refractivity contribution in [3.8, 4) is 11.4 Å². The lowest BCUT2D eigenvalue weighted by Gasteiger charge is -2.10. The van der Waals surface area contributed by atoms with E-state index in [2.05, 4.69) is 15.5 Å². The maximum Gasteiger partial charge on any atom is 0.328 e. The standard InChI is InChI=1S/C12H14N4O2/c1-3-9-6-4-5-7-10(9)11-13-14-15-16(11)8(2)12(17)18/h4-8H,3H2,1-2H3,(H,17,18). The summed E-state index contributed by atoms with van der Waals surface area (Å²) in [4.78, 5) is 11.0. The Morgan fingerprint density at radius 3 is 2.83 bits per heavy atom. The monoisotopic (exact) mass is 246 g/mol. The van der Waals surface area contributed by atoms with Crippen LogP contribution in [0.15, 0.2) is 24.3 Å². The number of aromatic nitrogens is 4. The molecule has 1 N–H and O–H groups in total. The fourth-order valence-electron chi connectivity index (χ4n) is 1.78. The summed E-state index contributed by atoms with van der Waals surface area (Å²) in [6.07, 6.45) is 0.838. The molecule has 94 valence electrons. The number of hydrogen-bond donors (Lipinski definition) is 1. The van der Waals surface area contributed by atoms with Crippen LogP contribution in [0.5, 0.6) is 0 Å². The number of benzene rings is 1. The Labute approximate surface area is 104 Å². The highest BCUT2D eigenvalue weighted by Gasteiger charge is 2.21. The molecule has 18 heavy (non-hydrogen) atoms. The molecule has 1 atom stereocenters. The fourth-order valence-corrected chi connectivity index (χ4v) is 1.78. The van der Waals surface area contributed by atoms with Gasteiger partial charge in [0.1, 0.15) is 0 Å². The maximum absolute atomic E-state index is 11.0. The summed E-state index contributed by atoms with van der Waals surface area (Å²) >= 11 is 0. The number of carbonyl (C=O) groups is 1. The van der Waals surface area contributed by atoms with Gasteiger partial charge in [-0.1, -0.05) is 31.2 Å². The summed E-state index contributed by atoms with van der Waals surface area (Å²) in [5.41, 5.74) is 1.96. The molecule has 2 rings (SSSR count). The number of carboxylic acids is 1. The Balaban J connectivity index is 2.52. The van der Waals surface area contributed by atoms with Crippen LogP contribution in [-0.2, 0) is 11.2 Å². The molecule has 1 aromatic heterocycles. The number of hydrogen-bond acceptors (Lipinski definition) is 4. The molecule has 0 aliphatic heterocycles. The average molecular weight is 246 g/mol. The summed E-state index contributed by atoms with van der Waals surface area (Å²) in [5.74, 6) is -0.472. The van der Waals surface area contributed by atoms with E-state index in [1.54, 1.807) is 6.92 Å². The molecule has 1 unspecified atom stereocenters. The number of nitrogens with zero attached hydrogens (tertiary/aromatic N) is 4. The lowest BCUT2D eigenvalue weighted by Crippen LogP contribution is -2.18. The van der Waals surface area contributed by atoms with Crippen LogP contribution in [0.25, 0.3) is 11.4 Å². The minimum absolute atomic E-state index is 0.488. The van der Waals surface area contributed by atoms with E-state index in [0.29, 0.717) is 5.82 Å². The molecule has 0 aliphatic carbocycles. The molecule has 0 aliphatic rings. The van der Waals surface area contributed by atoms with Gasteiger partial charge in [0.15, 0.2) is 11.9 Å². The van der Waals surface area contributed by atoms with Gasteiger partial charge in [0.2, 0.25) is 0 Å². The van der Waals surface area contributed by atoms with Crippen LogP contribution in [0.4, 0.5) is 0 Å². The largest absolute Gasteiger partial charge is 0.480 e. The van der Waals surface area contributed by atoms with Gasteiger partial charge in [-0.2, -0.15) is 0 Å². The Hall–Kier alpha value is -2.24. The first kappa shape index (κ1) is 12.2. The average Bonchev–Trinajstić information content (AvgIpc) is 2.86. The number of aryl methyl sites for hydroxylation is 1. The minimum atomic E-state index is -0.961. The highest BCUT2D eigenvalue weighted by Crippen LogP contribution is 2.23. The maximum atomic E-state index is 11.0. The van der Waals surface area contributed by atoms with E-state index in [9.17, 15) is 4.79 Å². The second-order valence-electron chi connectivity index (χ2n) is 3.97. The zero-order valence-corrected chi connectivity index (χ0v) is 10.2. The molecule has 6 heteroatoms. The molecule has 0 amide bonds. The van der Waals surface area contributed by atoms with E-state index in [0.717, 1.165) is 17.5 Å². The van der Waals surface area contributed by atoms with E-state index in [4.69, 9.17) is 5.11 Å². The lowest BCUT2D eigenvalue weighted by atomic mass is 10.0. The Kier molecular flexibility index (Phi) is 3.36. The third-order valence-corrected chi connectivity index (χ3v) is 2.86. The van der Waals surface area contributed by atoms with Crippen molar-refractivity contribution in [1.82, 2.24) is 20.2 Å². The van der Waals surface area contributed by atoms with Gasteiger partial charge in [0.05, 0.1) is 0 Å². The topological polar surface area (TPSA) is 80.9 Å². The molecule has 0 fully saturated rings. The van der Waals surface area contributed by atoms with Gasteiger partial charge in [0, 0.05) is 5.56 Å². The Morgan fingerprint density at radius 2 is 2.17 bits per heavy atom. The van der Waals surface area contributed by atoms with Crippen molar-refractivity contribution < 1.29 is 9.90 Å². The Bertz CT molecular complexity index is 565. The summed E-state index contributed by atoms with van der Waals surface area (Å²) in [7, 11) is 0. The third kappa shape index (κ3) is 2.09. The number of aliphatic carboxylic acids is 1. The molecule has 0 spiro atoms. The summed E-state index contributed by atoms with van der Waals surface area (Å²) in [5, 5.41) is 20.3. The van der Waals surface area contributed by atoms with E-state index >= 15 is 0 Å². The number of tetrazole rings is 1. The van der Waals surface area contributed by atoms with Crippen molar-refractivity contribution in [2.45, 2.75) is 26.3 Å². The summed E-state index contributed by atoms with van der Waals surface area (Å²) < 4.78 is 1.33. The van der Waals surface area contributed by atoms with Gasteiger partial charge >= 0.3 is 5.97 Å². The predicted molar refractivity (Wildman–Crippen MR) is 65.0 cm³/mol. The first-order valence-corrected chi connectivity index (χ1v) is 5.74. The second kappa shape index (κ2) is 4.95. The second-order valence-corrected chi connectivity index (χ2v) is 3.97. The van der Waals surface area contributed by atoms with Crippen molar-refractivity contribution in [3.05, 3.63) is 29.8 Å². The summed E-state index contributed by atoms with van der Waals surface area (Å²) in [6.45, 7) is 3.59. The van der Waals surface area contributed by atoms with E-state index in [1.807, 2.05) is 31.2 Å². The number of rotatable bonds is 4. The molecule has 2 aromatic rings. The molecule has 0 bridgehead atoms. The zero-order valence-electron chi connectivity index (χ0n) is 10.2. The van der Waals surface area contributed by atoms with Gasteiger partial charge in [0.25, 0.3) is 0 Å². The third-order valence-electron chi connectivity index (χ3n) is 2.86. The van der Waals surface area contributed by atoms with Crippen molar-refractivity contribution in [3.63, 3.8) is 0 Å². The van der Waals surface area contributed by atoms with Crippen molar-refractivity contribution in [2.24, 2.45) is 0 Å². The molecule has 1 aromatic carbocycles. The van der Waals surface area contributed by atoms with E-state index in [-0.39, 0.29) is 0 Å². The van der Waals surface area contributed by atoms with Gasteiger partial charge in [-0.25, -0.2) is 9.48 Å². The van der Waals surface area contributed by atoms with Crippen LogP contribution in [0.1, 0.15) is 25.5 Å². The quantitative estimate of drug-likeness (QED) is 0.885. The van der Waals surface area contributed by atoms with Crippen LogP contribution < -0.4 is 0 Å². The van der Waals surface area contributed by atoms with Crippen LogP contribution >= 0.6 is 0 Å². The first-order valence-electron chi connectivity index (χ1n) is 5.74. The van der Waals surface area contributed by atoms with E-state index in [1.165, 1.54) is 4.68 Å². The highest BCUT2D eigenvalue weighted by molar-refractivity contribution is 5.72. The highest BCUT2D eigenvalue weighted by atomic mass is 16.4. The predicted octanol–water partition coefficient (Wildman–Crippen LogP) is 1.55. The molecule has 0 radical (unpaired) electrons. The van der Waals surface area contributed by atoms with Crippen molar-refractivity contribution in [2.75, 3.05) is 0 Å². The van der Waals surface area contributed by atoms with Crippen LogP contribution in [0, 0.1) is 0 Å². The molecule has 6 nitrogen and oxygen atoms in total. The van der Waals surface area contributed by atoms with Gasteiger partial charge in [-0.3, -0.25) is 0 Å². The fraction of sp³-hybridized carbons (Fsp3) is 0.333. The lowest BCUT2D eigenvalue weighted by molar-refractivity contribution is -0.140.